The average Bonchev–Trinajstić information content (AvgIpc) is 2.91. The van der Waals surface area contributed by atoms with Crippen LogP contribution in [0.15, 0.2) is 36.7 Å². The predicted octanol–water partition coefficient (Wildman–Crippen LogP) is 2.26. The summed E-state index contributed by atoms with van der Waals surface area (Å²) in [6, 6.07) is 6.86. The van der Waals surface area contributed by atoms with Crippen LogP contribution in [0.2, 0.25) is 0 Å². The smallest absolute Gasteiger partial charge is 0.198 e. The Morgan fingerprint density at radius 3 is 2.59 bits per heavy atom. The van der Waals surface area contributed by atoms with E-state index in [2.05, 4.69) is 4.98 Å². The fourth-order valence-corrected chi connectivity index (χ4v) is 1.61. The van der Waals surface area contributed by atoms with Crippen LogP contribution < -0.4 is 9.47 Å². The molecule has 0 aliphatic carbocycles. The Balaban J connectivity index is 2.41. The zero-order valence-electron chi connectivity index (χ0n) is 9.69. The zero-order chi connectivity index (χ0) is 12.3. The number of benzene rings is 1. The molecule has 0 fully saturated rings. The van der Waals surface area contributed by atoms with E-state index in [-0.39, 0.29) is 5.78 Å². The first-order chi connectivity index (χ1) is 8.26. The van der Waals surface area contributed by atoms with E-state index < -0.39 is 0 Å². The molecule has 4 nitrogen and oxygen atoms in total. The van der Waals surface area contributed by atoms with Crippen molar-refractivity contribution in [1.82, 2.24) is 4.98 Å². The lowest BCUT2D eigenvalue weighted by Crippen LogP contribution is -2.03. The summed E-state index contributed by atoms with van der Waals surface area (Å²) in [5.41, 5.74) is 1.13. The molecule has 4 heteroatoms. The van der Waals surface area contributed by atoms with E-state index in [1.807, 2.05) is 0 Å². The van der Waals surface area contributed by atoms with Gasteiger partial charge in [0.25, 0.3) is 0 Å². The number of ketones is 1. The molecule has 0 saturated carbocycles. The molecule has 1 heterocycles. The topological polar surface area (TPSA) is 51.3 Å². The first-order valence-electron chi connectivity index (χ1n) is 5.15. The van der Waals surface area contributed by atoms with Crippen molar-refractivity contribution < 1.29 is 14.3 Å². The Bertz CT molecular complexity index is 517. The third kappa shape index (κ3) is 2.15. The Kier molecular flexibility index (Phi) is 3.14. The Labute approximate surface area is 99.2 Å². The van der Waals surface area contributed by atoms with Gasteiger partial charge in [-0.1, -0.05) is 0 Å². The number of aromatic nitrogens is 1. The van der Waals surface area contributed by atoms with Gasteiger partial charge in [-0.2, -0.15) is 0 Å². The third-order valence-corrected chi connectivity index (χ3v) is 2.51. The second-order valence-corrected chi connectivity index (χ2v) is 3.50. The Morgan fingerprint density at radius 1 is 1.18 bits per heavy atom. The molecule has 0 aliphatic heterocycles. The molecule has 0 unspecified atom stereocenters. The lowest BCUT2D eigenvalue weighted by molar-refractivity contribution is 0.103. The van der Waals surface area contributed by atoms with E-state index in [0.29, 0.717) is 22.6 Å². The van der Waals surface area contributed by atoms with Gasteiger partial charge in [-0.05, 0) is 18.2 Å². The number of nitrogens with one attached hydrogen (secondary N) is 1. The molecule has 2 rings (SSSR count). The molecular weight excluding hydrogens is 218 g/mol. The molecule has 2 aromatic rings. The van der Waals surface area contributed by atoms with Gasteiger partial charge in [0.15, 0.2) is 5.78 Å². The molecule has 0 atom stereocenters. The molecular formula is C13H13NO3. The van der Waals surface area contributed by atoms with Crippen LogP contribution in [-0.4, -0.2) is 25.0 Å². The predicted molar refractivity (Wildman–Crippen MR) is 63.8 cm³/mol. The molecule has 0 saturated heterocycles. The molecule has 1 N–H and O–H groups in total. The van der Waals surface area contributed by atoms with Crippen molar-refractivity contribution in [1.29, 1.82) is 0 Å². The Morgan fingerprint density at radius 2 is 2.00 bits per heavy atom. The molecule has 0 spiro atoms. The highest BCUT2D eigenvalue weighted by Gasteiger charge is 2.15. The molecule has 17 heavy (non-hydrogen) atoms. The minimum absolute atomic E-state index is 0.0780. The van der Waals surface area contributed by atoms with Gasteiger partial charge >= 0.3 is 0 Å². The maximum absolute atomic E-state index is 12.1. The highest BCUT2D eigenvalue weighted by molar-refractivity contribution is 6.10. The summed E-state index contributed by atoms with van der Waals surface area (Å²) >= 11 is 0. The van der Waals surface area contributed by atoms with Crippen LogP contribution in [-0.2, 0) is 0 Å². The SMILES string of the molecule is COc1ccc(C(=O)c2cc[nH]c2)c(OC)c1. The second kappa shape index (κ2) is 4.74. The zero-order valence-corrected chi connectivity index (χ0v) is 9.69. The quantitative estimate of drug-likeness (QED) is 0.821. The first-order valence-corrected chi connectivity index (χ1v) is 5.15. The number of methoxy groups -OCH3 is 2. The summed E-state index contributed by atoms with van der Waals surface area (Å²) < 4.78 is 10.3. The monoisotopic (exact) mass is 231 g/mol. The van der Waals surface area contributed by atoms with Crippen LogP contribution in [0.25, 0.3) is 0 Å². The number of hydrogen-bond acceptors (Lipinski definition) is 3. The number of H-pyrrole nitrogens is 1. The highest BCUT2D eigenvalue weighted by atomic mass is 16.5. The maximum atomic E-state index is 12.1. The summed E-state index contributed by atoms with van der Waals surface area (Å²) in [6.45, 7) is 0. The molecule has 1 aromatic carbocycles. The van der Waals surface area contributed by atoms with Crippen molar-refractivity contribution in [2.45, 2.75) is 0 Å². The standard InChI is InChI=1S/C13H13NO3/c1-16-10-3-4-11(12(7-10)17-2)13(15)9-5-6-14-8-9/h3-8,14H,1-2H3. The number of carbonyl (C=O) groups excluding carboxylic acids is 1. The summed E-state index contributed by atoms with van der Waals surface area (Å²) in [6.07, 6.45) is 3.37. The number of ether oxygens (including phenoxy) is 2. The van der Waals surface area contributed by atoms with Gasteiger partial charge in [0, 0.05) is 24.0 Å². The average molecular weight is 231 g/mol. The molecule has 0 bridgehead atoms. The van der Waals surface area contributed by atoms with Crippen molar-refractivity contribution in [2.24, 2.45) is 0 Å². The van der Waals surface area contributed by atoms with Crippen molar-refractivity contribution >= 4 is 5.78 Å². The molecule has 0 radical (unpaired) electrons. The number of carbonyl (C=O) groups is 1. The van der Waals surface area contributed by atoms with Crippen LogP contribution in [0, 0.1) is 0 Å². The van der Waals surface area contributed by atoms with E-state index >= 15 is 0 Å². The van der Waals surface area contributed by atoms with Crippen molar-refractivity contribution in [3.8, 4) is 11.5 Å². The van der Waals surface area contributed by atoms with Gasteiger partial charge in [0.05, 0.1) is 19.8 Å². The number of hydrogen-bond donors (Lipinski definition) is 1. The van der Waals surface area contributed by atoms with Crippen LogP contribution in [0.1, 0.15) is 15.9 Å². The minimum Gasteiger partial charge on any atom is -0.497 e. The maximum Gasteiger partial charge on any atom is 0.198 e. The first kappa shape index (κ1) is 11.3. The van der Waals surface area contributed by atoms with Crippen LogP contribution in [0.4, 0.5) is 0 Å². The summed E-state index contributed by atoms with van der Waals surface area (Å²) in [5.74, 6) is 1.09. The third-order valence-electron chi connectivity index (χ3n) is 2.51. The van der Waals surface area contributed by atoms with Crippen molar-refractivity contribution in [2.75, 3.05) is 14.2 Å². The van der Waals surface area contributed by atoms with E-state index in [1.54, 1.807) is 43.8 Å². The fraction of sp³-hybridized carbons (Fsp3) is 0.154. The number of rotatable bonds is 4. The van der Waals surface area contributed by atoms with E-state index in [1.165, 1.54) is 7.11 Å². The molecule has 0 amide bonds. The summed E-state index contributed by atoms with van der Waals surface area (Å²) in [4.78, 5) is 15.0. The highest BCUT2D eigenvalue weighted by Crippen LogP contribution is 2.26. The van der Waals surface area contributed by atoms with Crippen LogP contribution >= 0.6 is 0 Å². The normalized spacial score (nSPS) is 10.0. The largest absolute Gasteiger partial charge is 0.497 e. The molecule has 88 valence electrons. The van der Waals surface area contributed by atoms with Crippen LogP contribution in [0.5, 0.6) is 11.5 Å². The lowest BCUT2D eigenvalue weighted by Gasteiger charge is -2.08. The summed E-state index contributed by atoms with van der Waals surface area (Å²) in [7, 11) is 3.10. The Hall–Kier alpha value is -2.23. The van der Waals surface area contributed by atoms with Gasteiger partial charge in [-0.15, -0.1) is 0 Å². The molecule has 0 aliphatic rings. The fourth-order valence-electron chi connectivity index (χ4n) is 1.61. The number of aromatic amines is 1. The van der Waals surface area contributed by atoms with E-state index in [0.717, 1.165) is 0 Å². The van der Waals surface area contributed by atoms with Gasteiger partial charge in [-0.25, -0.2) is 0 Å². The molecule has 1 aromatic heterocycles. The van der Waals surface area contributed by atoms with Gasteiger partial charge in [-0.3, -0.25) is 4.79 Å². The van der Waals surface area contributed by atoms with E-state index in [9.17, 15) is 4.79 Å². The van der Waals surface area contributed by atoms with Crippen molar-refractivity contribution in [3.63, 3.8) is 0 Å². The van der Waals surface area contributed by atoms with Crippen LogP contribution in [0.3, 0.4) is 0 Å². The van der Waals surface area contributed by atoms with E-state index in [4.69, 9.17) is 9.47 Å². The van der Waals surface area contributed by atoms with Gasteiger partial charge in [0.1, 0.15) is 11.5 Å². The lowest BCUT2D eigenvalue weighted by atomic mass is 10.0. The minimum atomic E-state index is -0.0780. The summed E-state index contributed by atoms with van der Waals surface area (Å²) in [5, 5.41) is 0. The van der Waals surface area contributed by atoms with Gasteiger partial charge in [0.2, 0.25) is 0 Å². The van der Waals surface area contributed by atoms with Crippen molar-refractivity contribution in [3.05, 3.63) is 47.8 Å². The van der Waals surface area contributed by atoms with Gasteiger partial charge < -0.3 is 14.5 Å². The second-order valence-electron chi connectivity index (χ2n) is 3.50.